The van der Waals surface area contributed by atoms with Crippen LogP contribution in [0, 0.1) is 18.3 Å². The Morgan fingerprint density at radius 3 is 3.06 bits per heavy atom. The molecule has 2 aromatic rings. The van der Waals surface area contributed by atoms with Crippen molar-refractivity contribution in [2.45, 2.75) is 13.3 Å². The monoisotopic (exact) mass is 229 g/mol. The number of aromatic nitrogens is 1. The molecular weight excluding hydrogens is 214 g/mol. The van der Waals surface area contributed by atoms with Gasteiger partial charge in [0.15, 0.2) is 11.5 Å². The first-order valence-electron chi connectivity index (χ1n) is 5.60. The first kappa shape index (κ1) is 11.6. The SMILES string of the molecule is Cc1nc2cc(CCN(C)CC#N)ccc2o1. The lowest BCUT2D eigenvalue weighted by molar-refractivity contribution is 0.379. The fraction of sp³-hybridized carbons (Fsp3) is 0.385. The Morgan fingerprint density at radius 2 is 2.29 bits per heavy atom. The molecule has 2 rings (SSSR count). The zero-order valence-electron chi connectivity index (χ0n) is 10.1. The van der Waals surface area contributed by atoms with Gasteiger partial charge in [0.2, 0.25) is 0 Å². The molecule has 0 bridgehead atoms. The first-order valence-corrected chi connectivity index (χ1v) is 5.60. The summed E-state index contributed by atoms with van der Waals surface area (Å²) < 4.78 is 5.42. The fourth-order valence-electron chi connectivity index (χ4n) is 1.76. The van der Waals surface area contributed by atoms with E-state index >= 15 is 0 Å². The number of fused-ring (bicyclic) bond motifs is 1. The third-order valence-corrected chi connectivity index (χ3v) is 2.68. The number of aryl methyl sites for hydroxylation is 1. The normalized spacial score (nSPS) is 10.9. The van der Waals surface area contributed by atoms with Crippen molar-refractivity contribution < 1.29 is 4.42 Å². The molecule has 0 aliphatic rings. The zero-order chi connectivity index (χ0) is 12.3. The van der Waals surface area contributed by atoms with Gasteiger partial charge in [0.1, 0.15) is 5.52 Å². The highest BCUT2D eigenvalue weighted by atomic mass is 16.3. The van der Waals surface area contributed by atoms with E-state index in [4.69, 9.17) is 9.68 Å². The number of likely N-dealkylation sites (N-methyl/N-ethyl adjacent to an activating group) is 1. The number of hydrogen-bond donors (Lipinski definition) is 0. The van der Waals surface area contributed by atoms with Gasteiger partial charge in [0, 0.05) is 13.5 Å². The molecule has 0 aliphatic carbocycles. The van der Waals surface area contributed by atoms with Crippen LogP contribution in [0.3, 0.4) is 0 Å². The summed E-state index contributed by atoms with van der Waals surface area (Å²) in [5.74, 6) is 0.693. The van der Waals surface area contributed by atoms with Crippen molar-refractivity contribution in [3.8, 4) is 6.07 Å². The minimum absolute atomic E-state index is 0.464. The maximum atomic E-state index is 8.56. The van der Waals surface area contributed by atoms with Gasteiger partial charge in [-0.05, 0) is 31.2 Å². The summed E-state index contributed by atoms with van der Waals surface area (Å²) in [4.78, 5) is 6.30. The maximum absolute atomic E-state index is 8.56. The van der Waals surface area contributed by atoms with Crippen LogP contribution in [0.1, 0.15) is 11.5 Å². The van der Waals surface area contributed by atoms with E-state index in [0.29, 0.717) is 12.4 Å². The lowest BCUT2D eigenvalue weighted by Gasteiger charge is -2.11. The summed E-state index contributed by atoms with van der Waals surface area (Å²) in [6.07, 6.45) is 0.917. The molecule has 0 saturated carbocycles. The summed E-state index contributed by atoms with van der Waals surface area (Å²) in [6.45, 7) is 3.18. The number of nitrogens with zero attached hydrogens (tertiary/aromatic N) is 3. The lowest BCUT2D eigenvalue weighted by atomic mass is 10.1. The third kappa shape index (κ3) is 2.83. The minimum atomic E-state index is 0.464. The van der Waals surface area contributed by atoms with E-state index in [9.17, 15) is 0 Å². The average molecular weight is 229 g/mol. The molecule has 0 unspecified atom stereocenters. The van der Waals surface area contributed by atoms with Crippen molar-refractivity contribution in [2.75, 3.05) is 20.1 Å². The summed E-state index contributed by atoms with van der Waals surface area (Å²) in [5.41, 5.74) is 2.95. The van der Waals surface area contributed by atoms with Crippen LogP contribution in [-0.4, -0.2) is 30.0 Å². The predicted octanol–water partition coefficient (Wildman–Crippen LogP) is 2.13. The molecular formula is C13H15N3O. The van der Waals surface area contributed by atoms with E-state index in [2.05, 4.69) is 11.1 Å². The molecule has 88 valence electrons. The van der Waals surface area contributed by atoms with Crippen molar-refractivity contribution in [3.63, 3.8) is 0 Å². The van der Waals surface area contributed by atoms with Crippen LogP contribution in [0.5, 0.6) is 0 Å². The van der Waals surface area contributed by atoms with E-state index in [0.717, 1.165) is 24.1 Å². The Kier molecular flexibility index (Phi) is 3.40. The zero-order valence-corrected chi connectivity index (χ0v) is 10.1. The van der Waals surface area contributed by atoms with E-state index in [1.54, 1.807) is 0 Å². The van der Waals surface area contributed by atoms with E-state index in [1.165, 1.54) is 5.56 Å². The van der Waals surface area contributed by atoms with Crippen molar-refractivity contribution in [3.05, 3.63) is 29.7 Å². The predicted molar refractivity (Wildman–Crippen MR) is 65.6 cm³/mol. The molecule has 17 heavy (non-hydrogen) atoms. The van der Waals surface area contributed by atoms with Crippen LogP contribution in [0.2, 0.25) is 0 Å². The van der Waals surface area contributed by atoms with Crippen LogP contribution in [0.15, 0.2) is 22.6 Å². The number of benzene rings is 1. The van der Waals surface area contributed by atoms with Crippen LogP contribution in [0.25, 0.3) is 11.1 Å². The molecule has 4 heteroatoms. The highest BCUT2D eigenvalue weighted by molar-refractivity contribution is 5.73. The molecule has 1 aromatic carbocycles. The van der Waals surface area contributed by atoms with Gasteiger partial charge in [-0.3, -0.25) is 4.90 Å². The first-order chi connectivity index (χ1) is 8.19. The smallest absolute Gasteiger partial charge is 0.192 e. The largest absolute Gasteiger partial charge is 0.441 e. The molecule has 0 aliphatic heterocycles. The van der Waals surface area contributed by atoms with Crippen LogP contribution < -0.4 is 0 Å². The molecule has 1 heterocycles. The summed E-state index contributed by atoms with van der Waals surface area (Å²) >= 11 is 0. The molecule has 4 nitrogen and oxygen atoms in total. The molecule has 0 saturated heterocycles. The Labute approximate surface area is 100 Å². The second-order valence-electron chi connectivity index (χ2n) is 4.18. The third-order valence-electron chi connectivity index (χ3n) is 2.68. The Bertz CT molecular complexity index is 553. The highest BCUT2D eigenvalue weighted by Gasteiger charge is 2.04. The van der Waals surface area contributed by atoms with Gasteiger partial charge >= 0.3 is 0 Å². The van der Waals surface area contributed by atoms with Gasteiger partial charge in [0.05, 0.1) is 12.6 Å². The van der Waals surface area contributed by atoms with E-state index in [-0.39, 0.29) is 0 Å². The molecule has 0 atom stereocenters. The summed E-state index contributed by atoms with van der Waals surface area (Å²) in [7, 11) is 1.95. The topological polar surface area (TPSA) is 53.1 Å². The van der Waals surface area contributed by atoms with Crippen molar-refractivity contribution in [1.82, 2.24) is 9.88 Å². The molecule has 0 spiro atoms. The van der Waals surface area contributed by atoms with Crippen LogP contribution in [0.4, 0.5) is 0 Å². The summed E-state index contributed by atoms with van der Waals surface area (Å²) in [6, 6.07) is 8.19. The van der Waals surface area contributed by atoms with Crippen molar-refractivity contribution in [1.29, 1.82) is 5.26 Å². The molecule has 0 N–H and O–H groups in total. The average Bonchev–Trinajstić information content (AvgIpc) is 2.66. The number of oxazole rings is 1. The van der Waals surface area contributed by atoms with Gasteiger partial charge in [-0.25, -0.2) is 4.98 Å². The van der Waals surface area contributed by atoms with Gasteiger partial charge < -0.3 is 4.42 Å². The number of rotatable bonds is 4. The minimum Gasteiger partial charge on any atom is -0.441 e. The highest BCUT2D eigenvalue weighted by Crippen LogP contribution is 2.17. The van der Waals surface area contributed by atoms with Crippen molar-refractivity contribution >= 4 is 11.1 Å². The van der Waals surface area contributed by atoms with Gasteiger partial charge in [-0.15, -0.1) is 0 Å². The molecule has 0 amide bonds. The van der Waals surface area contributed by atoms with Crippen LogP contribution in [-0.2, 0) is 6.42 Å². The standard InChI is InChI=1S/C13H15N3O/c1-10-15-12-9-11(3-4-13(12)17-10)5-7-16(2)8-6-14/h3-4,9H,5,7-8H2,1-2H3. The van der Waals surface area contributed by atoms with Gasteiger partial charge in [-0.1, -0.05) is 6.07 Å². The lowest BCUT2D eigenvalue weighted by Crippen LogP contribution is -2.21. The second-order valence-corrected chi connectivity index (χ2v) is 4.18. The fourth-order valence-corrected chi connectivity index (χ4v) is 1.76. The Hall–Kier alpha value is -1.86. The maximum Gasteiger partial charge on any atom is 0.192 e. The molecule has 1 aromatic heterocycles. The Balaban J connectivity index is 2.06. The van der Waals surface area contributed by atoms with Crippen molar-refractivity contribution in [2.24, 2.45) is 0 Å². The molecule has 0 radical (unpaired) electrons. The number of nitriles is 1. The van der Waals surface area contributed by atoms with Gasteiger partial charge in [-0.2, -0.15) is 5.26 Å². The quantitative estimate of drug-likeness (QED) is 0.754. The summed E-state index contributed by atoms with van der Waals surface area (Å²) in [5, 5.41) is 8.56. The molecule has 0 fully saturated rings. The van der Waals surface area contributed by atoms with Crippen LogP contribution >= 0.6 is 0 Å². The van der Waals surface area contributed by atoms with E-state index < -0.39 is 0 Å². The van der Waals surface area contributed by atoms with Gasteiger partial charge in [0.25, 0.3) is 0 Å². The van der Waals surface area contributed by atoms with E-state index in [1.807, 2.05) is 37.1 Å². The second kappa shape index (κ2) is 4.98. The number of hydrogen-bond acceptors (Lipinski definition) is 4. The Morgan fingerprint density at radius 1 is 1.47 bits per heavy atom.